The zero-order chi connectivity index (χ0) is 24.9. The number of carboxylic acids is 1. The zero-order valence-corrected chi connectivity index (χ0v) is 17.7. The number of para-hydroxylation sites is 1. The Morgan fingerprint density at radius 2 is 1.66 bits per heavy atom. The number of phenolic OH excluding ortho intramolecular Hbond substituents is 1. The smallest absolute Gasteiger partial charge is 0.508 e. The molecule has 1 aliphatic carbocycles. The molecule has 0 bridgehead atoms. The number of carboxylic acid groups (broad SMARTS) is 1. The average Bonchev–Trinajstić information content (AvgIpc) is 2.93. The van der Waals surface area contributed by atoms with Crippen molar-refractivity contribution in [3.63, 3.8) is 0 Å². The van der Waals surface area contributed by atoms with Gasteiger partial charge in [0, 0.05) is 11.6 Å². The summed E-state index contributed by atoms with van der Waals surface area (Å²) in [5.41, 5.74) is -0.399. The Hall–Kier alpha value is -4.53. The van der Waals surface area contributed by atoms with Crippen LogP contribution in [0.1, 0.15) is 33.9 Å². The maximum atomic E-state index is 13.5. The normalized spacial score (nSPS) is 15.1. The first-order chi connectivity index (χ1) is 16.6. The molecule has 1 heterocycles. The van der Waals surface area contributed by atoms with E-state index in [4.69, 9.17) is 4.42 Å². The van der Waals surface area contributed by atoms with Crippen molar-refractivity contribution in [2.75, 3.05) is 0 Å². The largest absolute Gasteiger partial charge is 0.573 e. The van der Waals surface area contributed by atoms with Crippen LogP contribution < -0.4 is 10.2 Å². The van der Waals surface area contributed by atoms with Crippen molar-refractivity contribution in [2.45, 2.75) is 12.3 Å². The fourth-order valence-electron chi connectivity index (χ4n) is 4.34. The first-order valence-corrected chi connectivity index (χ1v) is 10.3. The number of aliphatic carboxylic acids is 1. The Labute approximate surface area is 195 Å². The van der Waals surface area contributed by atoms with Crippen molar-refractivity contribution in [3.05, 3.63) is 105 Å². The predicted octanol–water partition coefficient (Wildman–Crippen LogP) is 5.52. The minimum absolute atomic E-state index is 0.00220. The van der Waals surface area contributed by atoms with Gasteiger partial charge in [-0.15, -0.1) is 13.2 Å². The van der Waals surface area contributed by atoms with Crippen molar-refractivity contribution in [2.24, 2.45) is 0 Å². The Bertz CT molecular complexity index is 1580. The molecule has 1 atom stereocenters. The highest BCUT2D eigenvalue weighted by atomic mass is 19.4. The summed E-state index contributed by atoms with van der Waals surface area (Å²) in [7, 11) is 0. The third kappa shape index (κ3) is 3.90. The Morgan fingerprint density at radius 1 is 0.971 bits per heavy atom. The second kappa shape index (κ2) is 8.05. The number of hydrogen-bond acceptors (Lipinski definition) is 5. The Kier molecular flexibility index (Phi) is 5.12. The number of aromatic hydroxyl groups is 1. The van der Waals surface area contributed by atoms with Crippen LogP contribution in [0.15, 0.2) is 75.9 Å². The molecule has 0 aliphatic heterocycles. The number of carbonyl (C=O) groups is 1. The van der Waals surface area contributed by atoms with E-state index in [1.54, 1.807) is 18.2 Å². The summed E-state index contributed by atoms with van der Waals surface area (Å²) in [6.45, 7) is 0. The standard InChI is InChI=1S/C26H15F3O6/c27-26(28,29)35-20-8-4-3-7-16(20)22-15-6-2-1-5-14(15)18(25(32)33)12-19-23(31)17-10-9-13(30)11-21(17)34-24(19)22/h1-12,22,30H,(H,32,33). The number of alkyl halides is 3. The van der Waals surface area contributed by atoms with Gasteiger partial charge in [0.05, 0.1) is 22.4 Å². The molecular weight excluding hydrogens is 465 g/mol. The van der Waals surface area contributed by atoms with Crippen molar-refractivity contribution in [3.8, 4) is 11.5 Å². The third-order valence-electron chi connectivity index (χ3n) is 5.74. The van der Waals surface area contributed by atoms with Gasteiger partial charge in [-0.3, -0.25) is 4.79 Å². The average molecular weight is 480 g/mol. The van der Waals surface area contributed by atoms with Crippen LogP contribution in [-0.2, 0) is 4.79 Å². The van der Waals surface area contributed by atoms with E-state index in [9.17, 15) is 33.0 Å². The lowest BCUT2D eigenvalue weighted by Gasteiger charge is -2.23. The lowest BCUT2D eigenvalue weighted by molar-refractivity contribution is -0.274. The lowest BCUT2D eigenvalue weighted by Crippen LogP contribution is -2.20. The number of ether oxygens (including phenoxy) is 1. The van der Waals surface area contributed by atoms with E-state index in [0.717, 1.165) is 6.07 Å². The van der Waals surface area contributed by atoms with Gasteiger partial charge in [-0.05, 0) is 35.4 Å². The first-order valence-electron chi connectivity index (χ1n) is 10.3. The van der Waals surface area contributed by atoms with Crippen LogP contribution >= 0.6 is 0 Å². The summed E-state index contributed by atoms with van der Waals surface area (Å²) < 4.78 is 50.0. The van der Waals surface area contributed by atoms with Crippen LogP contribution in [0.5, 0.6) is 11.5 Å². The van der Waals surface area contributed by atoms with Crippen LogP contribution in [0.25, 0.3) is 22.6 Å². The Morgan fingerprint density at radius 3 is 2.37 bits per heavy atom. The molecular formula is C26H15F3O6. The van der Waals surface area contributed by atoms with Gasteiger partial charge in [-0.25, -0.2) is 4.79 Å². The highest BCUT2D eigenvalue weighted by molar-refractivity contribution is 6.21. The van der Waals surface area contributed by atoms with Gasteiger partial charge in [-0.2, -0.15) is 0 Å². The molecule has 3 aromatic carbocycles. The molecule has 176 valence electrons. The van der Waals surface area contributed by atoms with Gasteiger partial charge < -0.3 is 19.4 Å². The highest BCUT2D eigenvalue weighted by Crippen LogP contribution is 2.45. The van der Waals surface area contributed by atoms with E-state index < -0.39 is 29.4 Å². The summed E-state index contributed by atoms with van der Waals surface area (Å²) in [6.07, 6.45) is -3.83. The van der Waals surface area contributed by atoms with Crippen LogP contribution in [0.2, 0.25) is 0 Å². The molecule has 6 nitrogen and oxygen atoms in total. The summed E-state index contributed by atoms with van der Waals surface area (Å²) in [4.78, 5) is 25.6. The minimum Gasteiger partial charge on any atom is -0.508 e. The van der Waals surface area contributed by atoms with Crippen LogP contribution in [0.3, 0.4) is 0 Å². The third-order valence-corrected chi connectivity index (χ3v) is 5.74. The van der Waals surface area contributed by atoms with E-state index in [-0.39, 0.29) is 44.7 Å². The fraction of sp³-hybridized carbons (Fsp3) is 0.0769. The van der Waals surface area contributed by atoms with Crippen molar-refractivity contribution in [1.82, 2.24) is 0 Å². The van der Waals surface area contributed by atoms with Crippen LogP contribution in [0.4, 0.5) is 13.2 Å². The molecule has 0 spiro atoms. The molecule has 1 aliphatic rings. The summed E-state index contributed by atoms with van der Waals surface area (Å²) in [5, 5.41) is 19.9. The summed E-state index contributed by atoms with van der Waals surface area (Å²) >= 11 is 0. The summed E-state index contributed by atoms with van der Waals surface area (Å²) in [5.74, 6) is -3.24. The molecule has 0 fully saturated rings. The molecule has 0 amide bonds. The number of phenols is 1. The number of halogens is 3. The zero-order valence-electron chi connectivity index (χ0n) is 17.7. The molecule has 0 saturated heterocycles. The second-order valence-corrected chi connectivity index (χ2v) is 7.86. The number of benzene rings is 3. The molecule has 1 aromatic heterocycles. The maximum absolute atomic E-state index is 13.5. The fourth-order valence-corrected chi connectivity index (χ4v) is 4.34. The molecule has 35 heavy (non-hydrogen) atoms. The van der Waals surface area contributed by atoms with Gasteiger partial charge in [0.2, 0.25) is 0 Å². The van der Waals surface area contributed by atoms with Gasteiger partial charge in [-0.1, -0.05) is 42.5 Å². The maximum Gasteiger partial charge on any atom is 0.573 e. The quantitative estimate of drug-likeness (QED) is 0.401. The molecule has 1 unspecified atom stereocenters. The lowest BCUT2D eigenvalue weighted by atomic mass is 9.84. The van der Waals surface area contributed by atoms with E-state index >= 15 is 0 Å². The first kappa shape index (κ1) is 22.3. The van der Waals surface area contributed by atoms with Gasteiger partial charge in [0.1, 0.15) is 22.8 Å². The molecule has 4 aromatic rings. The number of rotatable bonds is 3. The molecule has 2 N–H and O–H groups in total. The highest BCUT2D eigenvalue weighted by Gasteiger charge is 2.37. The SMILES string of the molecule is O=C(O)C1=Cc2c(oc3cc(O)ccc3c2=O)C(c2ccccc2OC(F)(F)F)c2ccccc21. The number of hydrogen-bond donors (Lipinski definition) is 2. The summed E-state index contributed by atoms with van der Waals surface area (Å²) in [6, 6.07) is 15.5. The van der Waals surface area contributed by atoms with E-state index in [1.165, 1.54) is 48.5 Å². The molecule has 0 radical (unpaired) electrons. The van der Waals surface area contributed by atoms with Crippen molar-refractivity contribution in [1.29, 1.82) is 0 Å². The molecule has 0 saturated carbocycles. The van der Waals surface area contributed by atoms with Crippen molar-refractivity contribution >= 4 is 28.6 Å². The van der Waals surface area contributed by atoms with Crippen LogP contribution in [-0.4, -0.2) is 22.5 Å². The van der Waals surface area contributed by atoms with E-state index in [1.807, 2.05) is 0 Å². The van der Waals surface area contributed by atoms with E-state index in [2.05, 4.69) is 4.74 Å². The monoisotopic (exact) mass is 480 g/mol. The van der Waals surface area contributed by atoms with Gasteiger partial charge in [0.15, 0.2) is 5.43 Å². The predicted molar refractivity (Wildman–Crippen MR) is 120 cm³/mol. The molecule has 9 heteroatoms. The van der Waals surface area contributed by atoms with Gasteiger partial charge >= 0.3 is 12.3 Å². The second-order valence-electron chi connectivity index (χ2n) is 7.86. The van der Waals surface area contributed by atoms with Gasteiger partial charge in [0.25, 0.3) is 0 Å². The molecule has 5 rings (SSSR count). The Balaban J connectivity index is 1.92. The minimum atomic E-state index is -5.00. The topological polar surface area (TPSA) is 97.0 Å². The van der Waals surface area contributed by atoms with Crippen LogP contribution in [0, 0.1) is 0 Å². The number of fused-ring (bicyclic) bond motifs is 3. The van der Waals surface area contributed by atoms with Crippen molar-refractivity contribution < 1.29 is 37.3 Å². The van der Waals surface area contributed by atoms with E-state index in [0.29, 0.717) is 5.56 Å².